The lowest BCUT2D eigenvalue weighted by Gasteiger charge is -2.39. The first kappa shape index (κ1) is 20.7. The molecule has 5 rings (SSSR count). The number of likely N-dealkylation sites (N-methyl/N-ethyl adjacent to an activating group) is 1. The summed E-state index contributed by atoms with van der Waals surface area (Å²) in [6, 6.07) is 17.9. The number of amides is 1. The zero-order chi connectivity index (χ0) is 22.1. The number of aryl methyl sites for hydroxylation is 1. The van der Waals surface area contributed by atoms with Crippen molar-refractivity contribution in [2.24, 2.45) is 0 Å². The smallest absolute Gasteiger partial charge is 0.276 e. The molecule has 1 amide bonds. The summed E-state index contributed by atoms with van der Waals surface area (Å²) in [4.78, 5) is 21.7. The highest BCUT2D eigenvalue weighted by Gasteiger charge is 2.30. The average molecular weight is 449 g/mol. The minimum absolute atomic E-state index is 0.117. The molecule has 2 aromatic heterocycles. The number of hydrogen-bond donors (Lipinski definition) is 0. The lowest BCUT2D eigenvalue weighted by Crippen LogP contribution is -2.49. The molecule has 1 aliphatic heterocycles. The van der Waals surface area contributed by atoms with E-state index in [4.69, 9.17) is 9.26 Å². The first-order valence-electron chi connectivity index (χ1n) is 10.6. The van der Waals surface area contributed by atoms with Crippen molar-refractivity contribution in [2.75, 3.05) is 26.7 Å². The zero-order valence-electron chi connectivity index (χ0n) is 18.0. The highest BCUT2D eigenvalue weighted by atomic mass is 32.1. The van der Waals surface area contributed by atoms with Gasteiger partial charge in [0.15, 0.2) is 11.5 Å². The van der Waals surface area contributed by atoms with Crippen molar-refractivity contribution < 1.29 is 14.1 Å². The average Bonchev–Trinajstić information content (AvgIpc) is 3.43. The number of carbonyl (C=O) groups excluding carboxylic acids is 1. The van der Waals surface area contributed by atoms with Gasteiger partial charge in [-0.2, -0.15) is 0 Å². The summed E-state index contributed by atoms with van der Waals surface area (Å²) in [5, 5.41) is 5.03. The second kappa shape index (κ2) is 8.72. The number of aromatic nitrogens is 2. The number of nitrogens with zero attached hydrogens (tertiary/aromatic N) is 4. The van der Waals surface area contributed by atoms with Crippen molar-refractivity contribution in [3.05, 3.63) is 76.6 Å². The Labute approximate surface area is 190 Å². The van der Waals surface area contributed by atoms with E-state index in [2.05, 4.69) is 34.2 Å². The third-order valence-corrected chi connectivity index (χ3v) is 6.70. The number of thiazole rings is 1. The molecule has 1 aliphatic rings. The molecule has 0 saturated carbocycles. The van der Waals surface area contributed by atoms with Crippen LogP contribution in [0, 0.1) is 6.92 Å². The Bertz CT molecular complexity index is 1240. The van der Waals surface area contributed by atoms with E-state index in [0.717, 1.165) is 21.8 Å². The van der Waals surface area contributed by atoms with Crippen LogP contribution in [-0.2, 0) is 6.61 Å². The first-order valence-corrected chi connectivity index (χ1v) is 11.4. The van der Waals surface area contributed by atoms with Gasteiger partial charge in [0.25, 0.3) is 5.91 Å². The van der Waals surface area contributed by atoms with Crippen LogP contribution in [0.3, 0.4) is 0 Å². The van der Waals surface area contributed by atoms with Crippen molar-refractivity contribution in [1.29, 1.82) is 0 Å². The summed E-state index contributed by atoms with van der Waals surface area (Å²) in [7, 11) is 2.09. The van der Waals surface area contributed by atoms with E-state index in [1.165, 1.54) is 5.56 Å². The first-order chi connectivity index (χ1) is 15.6. The number of carbonyl (C=O) groups is 1. The predicted molar refractivity (Wildman–Crippen MR) is 123 cm³/mol. The summed E-state index contributed by atoms with van der Waals surface area (Å²) in [6.45, 7) is 4.26. The van der Waals surface area contributed by atoms with Crippen molar-refractivity contribution in [1.82, 2.24) is 19.9 Å². The Balaban J connectivity index is 1.24. The van der Waals surface area contributed by atoms with Gasteiger partial charge in [-0.1, -0.05) is 35.5 Å². The van der Waals surface area contributed by atoms with Gasteiger partial charge in [0.1, 0.15) is 12.4 Å². The van der Waals surface area contributed by atoms with Crippen molar-refractivity contribution >= 4 is 27.5 Å². The highest BCUT2D eigenvalue weighted by molar-refractivity contribution is 7.18. The van der Waals surface area contributed by atoms with Crippen LogP contribution < -0.4 is 4.74 Å². The van der Waals surface area contributed by atoms with Crippen LogP contribution in [-0.4, -0.2) is 52.5 Å². The number of piperazine rings is 1. The van der Waals surface area contributed by atoms with Crippen LogP contribution in [0.25, 0.3) is 10.2 Å². The molecule has 0 N–H and O–H groups in total. The molecule has 0 aliphatic carbocycles. The Morgan fingerprint density at radius 3 is 2.88 bits per heavy atom. The highest BCUT2D eigenvalue weighted by Crippen LogP contribution is 2.27. The number of benzene rings is 2. The van der Waals surface area contributed by atoms with Crippen LogP contribution in [0.4, 0.5) is 0 Å². The topological polar surface area (TPSA) is 71.7 Å². The molecule has 3 heterocycles. The van der Waals surface area contributed by atoms with Crippen molar-refractivity contribution in [3.63, 3.8) is 0 Å². The monoisotopic (exact) mass is 448 g/mol. The summed E-state index contributed by atoms with van der Waals surface area (Å²) in [5.41, 5.74) is 2.43. The zero-order valence-corrected chi connectivity index (χ0v) is 18.8. The normalized spacial score (nSPS) is 17.1. The Hall–Kier alpha value is -3.23. The molecule has 0 spiro atoms. The molecular weight excluding hydrogens is 424 g/mol. The lowest BCUT2D eigenvalue weighted by molar-refractivity contribution is 0.0536. The molecule has 8 heteroatoms. The maximum absolute atomic E-state index is 13.1. The number of ether oxygens (including phenoxy) is 1. The molecule has 164 valence electrons. The second-order valence-electron chi connectivity index (χ2n) is 7.99. The van der Waals surface area contributed by atoms with Crippen LogP contribution in [0.2, 0.25) is 0 Å². The quantitative estimate of drug-likeness (QED) is 0.453. The van der Waals surface area contributed by atoms with E-state index in [9.17, 15) is 4.79 Å². The van der Waals surface area contributed by atoms with Gasteiger partial charge in [-0.15, -0.1) is 11.3 Å². The van der Waals surface area contributed by atoms with E-state index in [-0.39, 0.29) is 18.6 Å². The molecule has 0 unspecified atom stereocenters. The van der Waals surface area contributed by atoms with Crippen molar-refractivity contribution in [3.8, 4) is 5.75 Å². The molecule has 32 heavy (non-hydrogen) atoms. The lowest BCUT2D eigenvalue weighted by atomic mass is 10.0. The standard InChI is InChI=1S/C24H24N4O3S/c1-16-25-20-12-18(8-9-23(20)32-16)30-15-19-13-21(26-31-19)24(29)28-11-10-27(2)22(14-28)17-6-4-3-5-7-17/h3-9,12-13,22H,10-11,14-15H2,1-2H3/t22-/m1/s1. The van der Waals surface area contributed by atoms with Gasteiger partial charge in [0.2, 0.25) is 0 Å². The molecule has 1 saturated heterocycles. The van der Waals surface area contributed by atoms with Gasteiger partial charge in [0.05, 0.1) is 21.3 Å². The fourth-order valence-corrected chi connectivity index (χ4v) is 4.81. The third kappa shape index (κ3) is 4.24. The molecule has 4 aromatic rings. The SMILES string of the molecule is Cc1nc2cc(OCc3cc(C(=O)N4CCN(C)[C@@H](c5ccccc5)C4)no3)ccc2s1. The maximum Gasteiger partial charge on any atom is 0.276 e. The Morgan fingerprint density at radius 2 is 2.03 bits per heavy atom. The van der Waals surface area contributed by atoms with Gasteiger partial charge in [-0.05, 0) is 31.7 Å². The molecule has 2 aromatic carbocycles. The minimum atomic E-state index is -0.117. The van der Waals surface area contributed by atoms with Crippen LogP contribution >= 0.6 is 11.3 Å². The minimum Gasteiger partial charge on any atom is -0.485 e. The number of rotatable bonds is 5. The number of fused-ring (bicyclic) bond motifs is 1. The van der Waals surface area contributed by atoms with Crippen LogP contribution in [0.15, 0.2) is 59.1 Å². The van der Waals surface area contributed by atoms with Gasteiger partial charge < -0.3 is 14.2 Å². The van der Waals surface area contributed by atoms with Crippen LogP contribution in [0.1, 0.15) is 32.9 Å². The van der Waals surface area contributed by atoms with E-state index in [1.54, 1.807) is 17.4 Å². The molecule has 1 fully saturated rings. The molecular formula is C24H24N4O3S. The Kier molecular flexibility index (Phi) is 5.63. The van der Waals surface area contributed by atoms with Gasteiger partial charge in [0, 0.05) is 31.8 Å². The fourth-order valence-electron chi connectivity index (χ4n) is 4.00. The van der Waals surface area contributed by atoms with E-state index in [1.807, 2.05) is 48.2 Å². The predicted octanol–water partition coefficient (Wildman–Crippen LogP) is 4.30. The van der Waals surface area contributed by atoms with Crippen LogP contribution in [0.5, 0.6) is 5.75 Å². The summed E-state index contributed by atoms with van der Waals surface area (Å²) < 4.78 is 12.3. The summed E-state index contributed by atoms with van der Waals surface area (Å²) in [5.74, 6) is 1.10. The third-order valence-electron chi connectivity index (χ3n) is 5.74. The molecule has 0 bridgehead atoms. The molecule has 0 radical (unpaired) electrons. The van der Waals surface area contributed by atoms with E-state index >= 15 is 0 Å². The van der Waals surface area contributed by atoms with Crippen molar-refractivity contribution in [2.45, 2.75) is 19.6 Å². The second-order valence-corrected chi connectivity index (χ2v) is 9.22. The van der Waals surface area contributed by atoms with Gasteiger partial charge in [-0.25, -0.2) is 4.98 Å². The Morgan fingerprint density at radius 1 is 1.19 bits per heavy atom. The summed E-state index contributed by atoms with van der Waals surface area (Å²) in [6.07, 6.45) is 0. The maximum atomic E-state index is 13.1. The molecule has 7 nitrogen and oxygen atoms in total. The number of hydrogen-bond acceptors (Lipinski definition) is 7. The van der Waals surface area contributed by atoms with Gasteiger partial charge >= 0.3 is 0 Å². The van der Waals surface area contributed by atoms with Gasteiger partial charge in [-0.3, -0.25) is 9.69 Å². The van der Waals surface area contributed by atoms with E-state index < -0.39 is 0 Å². The van der Waals surface area contributed by atoms with E-state index in [0.29, 0.717) is 30.3 Å². The molecule has 1 atom stereocenters. The largest absolute Gasteiger partial charge is 0.485 e. The summed E-state index contributed by atoms with van der Waals surface area (Å²) >= 11 is 1.65. The fraction of sp³-hybridized carbons (Fsp3) is 0.292.